The van der Waals surface area contributed by atoms with Gasteiger partial charge in [0.15, 0.2) is 16.8 Å². The topological polar surface area (TPSA) is 47.8 Å². The maximum Gasteiger partial charge on any atom is 0.191 e. The molecule has 0 atom stereocenters. The van der Waals surface area contributed by atoms with Gasteiger partial charge in [0.2, 0.25) is 0 Å². The summed E-state index contributed by atoms with van der Waals surface area (Å²) in [7, 11) is 0. The molecule has 0 saturated heterocycles. The summed E-state index contributed by atoms with van der Waals surface area (Å²) in [6.07, 6.45) is 0. The van der Waals surface area contributed by atoms with Crippen LogP contribution in [-0.4, -0.2) is 26.3 Å². The van der Waals surface area contributed by atoms with Crippen LogP contribution < -0.4 is 0 Å². The smallest absolute Gasteiger partial charge is 0.191 e. The highest BCUT2D eigenvalue weighted by atomic mass is 32.2. The Labute approximate surface area is 172 Å². The fourth-order valence-electron chi connectivity index (χ4n) is 2.96. The van der Waals surface area contributed by atoms with E-state index in [0.717, 1.165) is 33.5 Å². The summed E-state index contributed by atoms with van der Waals surface area (Å²) in [5, 5.41) is 11.4. The molecule has 0 aliphatic carbocycles. The Morgan fingerprint density at radius 2 is 1.71 bits per heavy atom. The molecule has 0 N–H and O–H groups in total. The Hall–Kier alpha value is -2.70. The van der Waals surface area contributed by atoms with Gasteiger partial charge in [0, 0.05) is 12.1 Å². The lowest BCUT2D eigenvalue weighted by atomic mass is 10.0. The Morgan fingerprint density at radius 3 is 2.39 bits per heavy atom. The minimum absolute atomic E-state index is 0.0907. The molecule has 6 heteroatoms. The highest BCUT2D eigenvalue weighted by Crippen LogP contribution is 2.27. The predicted octanol–water partition coefficient (Wildman–Crippen LogP) is 5.67. The van der Waals surface area contributed by atoms with Gasteiger partial charge in [0.25, 0.3) is 0 Å². The molecule has 0 radical (unpaired) electrons. The number of ketones is 1. The number of carbonyl (C=O) groups excluding carboxylic acids is 1. The van der Waals surface area contributed by atoms with Gasteiger partial charge in [0.1, 0.15) is 0 Å². The summed E-state index contributed by atoms with van der Waals surface area (Å²) in [5.74, 6) is 1.29. The highest BCUT2D eigenvalue weighted by molar-refractivity contribution is 7.99. The van der Waals surface area contributed by atoms with Gasteiger partial charge in [-0.05, 0) is 29.5 Å². The SMILES string of the molecule is CCn1c(SCC(=O)c2ccc(-c3ccccc3)cc2)nnc1-c1cccs1. The second-order valence-corrected chi connectivity index (χ2v) is 8.07. The predicted molar refractivity (Wildman–Crippen MR) is 116 cm³/mol. The number of benzene rings is 2. The van der Waals surface area contributed by atoms with Crippen molar-refractivity contribution in [2.75, 3.05) is 5.75 Å². The normalized spacial score (nSPS) is 10.9. The quantitative estimate of drug-likeness (QED) is 0.294. The van der Waals surface area contributed by atoms with E-state index in [0.29, 0.717) is 11.3 Å². The van der Waals surface area contributed by atoms with E-state index in [2.05, 4.69) is 33.8 Å². The first-order valence-corrected chi connectivity index (χ1v) is 10.9. The van der Waals surface area contributed by atoms with Gasteiger partial charge in [-0.25, -0.2) is 0 Å². The molecule has 28 heavy (non-hydrogen) atoms. The summed E-state index contributed by atoms with van der Waals surface area (Å²) in [5.41, 5.74) is 2.97. The molecule has 0 fully saturated rings. The Kier molecular flexibility index (Phi) is 5.69. The average Bonchev–Trinajstić information content (AvgIpc) is 3.42. The first-order chi connectivity index (χ1) is 13.8. The maximum absolute atomic E-state index is 12.6. The molecule has 0 unspecified atom stereocenters. The van der Waals surface area contributed by atoms with Crippen molar-refractivity contribution in [2.24, 2.45) is 0 Å². The minimum Gasteiger partial charge on any atom is -0.302 e. The van der Waals surface area contributed by atoms with E-state index in [9.17, 15) is 4.79 Å². The van der Waals surface area contributed by atoms with E-state index in [-0.39, 0.29) is 5.78 Å². The molecule has 0 saturated carbocycles. The third-order valence-corrected chi connectivity index (χ3v) is 6.25. The standard InChI is InChI=1S/C22H19N3OS2/c1-2-25-21(20-9-6-14-27-20)23-24-22(25)28-15-19(26)18-12-10-17(11-13-18)16-7-4-3-5-8-16/h3-14H,2,15H2,1H3. The van der Waals surface area contributed by atoms with Crippen molar-refractivity contribution in [3.63, 3.8) is 0 Å². The first-order valence-electron chi connectivity index (χ1n) is 9.05. The van der Waals surface area contributed by atoms with Gasteiger partial charge in [-0.3, -0.25) is 4.79 Å². The molecule has 0 amide bonds. The molecular formula is C22H19N3OS2. The largest absolute Gasteiger partial charge is 0.302 e. The lowest BCUT2D eigenvalue weighted by molar-refractivity contribution is 0.102. The van der Waals surface area contributed by atoms with Gasteiger partial charge >= 0.3 is 0 Å². The fourth-order valence-corrected chi connectivity index (χ4v) is 4.58. The van der Waals surface area contributed by atoms with E-state index in [1.165, 1.54) is 11.8 Å². The van der Waals surface area contributed by atoms with Gasteiger partial charge in [-0.15, -0.1) is 21.5 Å². The Morgan fingerprint density at radius 1 is 0.964 bits per heavy atom. The van der Waals surface area contributed by atoms with Crippen LogP contribution in [0.25, 0.3) is 21.8 Å². The van der Waals surface area contributed by atoms with Gasteiger partial charge in [0.05, 0.1) is 10.6 Å². The van der Waals surface area contributed by atoms with Crippen LogP contribution in [0.4, 0.5) is 0 Å². The van der Waals surface area contributed by atoms with E-state index in [4.69, 9.17) is 0 Å². The van der Waals surface area contributed by atoms with Crippen LogP contribution in [0.15, 0.2) is 77.3 Å². The molecule has 4 aromatic rings. The summed E-state index contributed by atoms with van der Waals surface area (Å²) in [4.78, 5) is 13.7. The number of hydrogen-bond acceptors (Lipinski definition) is 5. The van der Waals surface area contributed by atoms with Crippen molar-refractivity contribution < 1.29 is 4.79 Å². The molecule has 0 aliphatic rings. The van der Waals surface area contributed by atoms with Gasteiger partial charge < -0.3 is 4.57 Å². The van der Waals surface area contributed by atoms with E-state index < -0.39 is 0 Å². The molecule has 2 aromatic carbocycles. The lowest BCUT2D eigenvalue weighted by Gasteiger charge is -2.06. The third-order valence-electron chi connectivity index (χ3n) is 4.42. The van der Waals surface area contributed by atoms with Crippen molar-refractivity contribution >= 4 is 28.9 Å². The van der Waals surface area contributed by atoms with Gasteiger partial charge in [-0.1, -0.05) is 72.4 Å². The van der Waals surface area contributed by atoms with Crippen LogP contribution in [0.5, 0.6) is 0 Å². The van der Waals surface area contributed by atoms with Crippen LogP contribution >= 0.6 is 23.1 Å². The molecule has 140 valence electrons. The van der Waals surface area contributed by atoms with E-state index >= 15 is 0 Å². The molecule has 2 heterocycles. The molecule has 2 aromatic heterocycles. The van der Waals surface area contributed by atoms with Crippen LogP contribution in [0.2, 0.25) is 0 Å². The van der Waals surface area contributed by atoms with Crippen molar-refractivity contribution in [3.05, 3.63) is 77.7 Å². The number of carbonyl (C=O) groups is 1. The average molecular weight is 406 g/mol. The second kappa shape index (κ2) is 8.54. The van der Waals surface area contributed by atoms with Crippen molar-refractivity contribution in [3.8, 4) is 21.8 Å². The molecule has 0 bridgehead atoms. The molecule has 4 nitrogen and oxygen atoms in total. The van der Waals surface area contributed by atoms with Crippen LogP contribution in [-0.2, 0) is 6.54 Å². The first kappa shape index (κ1) is 18.7. The van der Waals surface area contributed by atoms with Crippen LogP contribution in [0, 0.1) is 0 Å². The number of thioether (sulfide) groups is 1. The van der Waals surface area contributed by atoms with E-state index in [1.54, 1.807) is 11.3 Å². The van der Waals surface area contributed by atoms with Crippen molar-refractivity contribution in [1.29, 1.82) is 0 Å². The highest BCUT2D eigenvalue weighted by Gasteiger charge is 2.15. The van der Waals surface area contributed by atoms with Crippen LogP contribution in [0.1, 0.15) is 17.3 Å². The number of Topliss-reactive ketones (excluding diaryl/α,β-unsaturated/α-hetero) is 1. The fraction of sp³-hybridized carbons (Fsp3) is 0.136. The molecule has 0 spiro atoms. The monoisotopic (exact) mass is 405 g/mol. The number of rotatable bonds is 7. The van der Waals surface area contributed by atoms with Crippen molar-refractivity contribution in [1.82, 2.24) is 14.8 Å². The molecular weight excluding hydrogens is 386 g/mol. The lowest BCUT2D eigenvalue weighted by Crippen LogP contribution is -2.05. The number of aromatic nitrogens is 3. The maximum atomic E-state index is 12.6. The molecule has 0 aliphatic heterocycles. The van der Waals surface area contributed by atoms with Gasteiger partial charge in [-0.2, -0.15) is 0 Å². The number of hydrogen-bond donors (Lipinski definition) is 0. The summed E-state index contributed by atoms with van der Waals surface area (Å²) < 4.78 is 2.06. The zero-order chi connectivity index (χ0) is 19.3. The Bertz CT molecular complexity index is 1060. The zero-order valence-electron chi connectivity index (χ0n) is 15.4. The second-order valence-electron chi connectivity index (χ2n) is 6.18. The molecule has 4 rings (SSSR count). The summed E-state index contributed by atoms with van der Waals surface area (Å²) >= 11 is 3.08. The number of nitrogens with zero attached hydrogens (tertiary/aromatic N) is 3. The van der Waals surface area contributed by atoms with E-state index in [1.807, 2.05) is 60.0 Å². The zero-order valence-corrected chi connectivity index (χ0v) is 17.0. The van der Waals surface area contributed by atoms with Crippen molar-refractivity contribution in [2.45, 2.75) is 18.6 Å². The van der Waals surface area contributed by atoms with Crippen LogP contribution in [0.3, 0.4) is 0 Å². The summed E-state index contributed by atoms with van der Waals surface area (Å²) in [6.45, 7) is 2.83. The summed E-state index contributed by atoms with van der Waals surface area (Å²) in [6, 6.07) is 22.0. The Balaban J connectivity index is 1.45. The number of thiophene rings is 1. The third kappa shape index (κ3) is 3.93. The minimum atomic E-state index is 0.0907.